The molecule has 1 N–H and O–H groups in total. The van der Waals surface area contributed by atoms with Crippen molar-refractivity contribution in [2.24, 2.45) is 0 Å². The van der Waals surface area contributed by atoms with Crippen molar-refractivity contribution in [3.63, 3.8) is 0 Å². The van der Waals surface area contributed by atoms with Crippen LogP contribution in [0.4, 0.5) is 8.78 Å². The molecule has 2 aliphatic rings. The molecule has 0 atom stereocenters. The molecule has 0 spiro atoms. The highest BCUT2D eigenvalue weighted by atomic mass is 19.3. The lowest BCUT2D eigenvalue weighted by molar-refractivity contribution is -0.137. The van der Waals surface area contributed by atoms with Crippen LogP contribution >= 0.6 is 0 Å². The van der Waals surface area contributed by atoms with Crippen molar-refractivity contribution < 1.29 is 28.2 Å². The normalized spacial score (nSPS) is 19.2. The Hall–Kier alpha value is -1.85. The fraction of sp³-hybridized carbons (Fsp3) is 0.533. The monoisotopic (exact) mass is 298 g/mol. The number of carboxylic acid groups (broad SMARTS) is 1. The third kappa shape index (κ3) is 2.54. The molecule has 21 heavy (non-hydrogen) atoms. The predicted molar refractivity (Wildman–Crippen MR) is 70.2 cm³/mol. The first kappa shape index (κ1) is 14.1. The van der Waals surface area contributed by atoms with Gasteiger partial charge in [-0.05, 0) is 30.5 Å². The van der Waals surface area contributed by atoms with Crippen LogP contribution in [0.1, 0.15) is 37.3 Å². The van der Waals surface area contributed by atoms with Gasteiger partial charge in [-0.3, -0.25) is 4.79 Å². The van der Waals surface area contributed by atoms with Crippen LogP contribution in [0.25, 0.3) is 0 Å². The van der Waals surface area contributed by atoms with Crippen LogP contribution in [-0.2, 0) is 16.1 Å². The summed E-state index contributed by atoms with van der Waals surface area (Å²) in [5.74, 6) is -3.32. The Balaban J connectivity index is 2.11. The molecular weight excluding hydrogens is 282 g/mol. The van der Waals surface area contributed by atoms with E-state index in [1.807, 2.05) is 0 Å². The van der Waals surface area contributed by atoms with E-state index in [9.17, 15) is 13.6 Å². The summed E-state index contributed by atoms with van der Waals surface area (Å²) < 4.78 is 38.7. The maximum absolute atomic E-state index is 13.9. The SMILES string of the molecule is CC(F)(F)c1cc2c(cc1C1(CC(=O)O)CC1)OCCO2. The van der Waals surface area contributed by atoms with Gasteiger partial charge in [0, 0.05) is 17.9 Å². The van der Waals surface area contributed by atoms with Crippen molar-refractivity contribution in [3.8, 4) is 11.5 Å². The highest BCUT2D eigenvalue weighted by Crippen LogP contribution is 2.56. The van der Waals surface area contributed by atoms with E-state index in [0.717, 1.165) is 6.92 Å². The average molecular weight is 298 g/mol. The predicted octanol–water partition coefficient (Wildman–Crippen LogP) is 3.08. The minimum atomic E-state index is -3.06. The van der Waals surface area contributed by atoms with Gasteiger partial charge in [0.1, 0.15) is 13.2 Å². The van der Waals surface area contributed by atoms with Crippen molar-refractivity contribution >= 4 is 5.97 Å². The summed E-state index contributed by atoms with van der Waals surface area (Å²) in [5.41, 5.74) is -0.483. The standard InChI is InChI=1S/C15H16F2O4/c1-14(16,17)9-6-11-12(21-5-4-20-11)7-10(9)15(2-3-15)8-13(18)19/h6-7H,2-5,8H2,1H3,(H,18,19). The summed E-state index contributed by atoms with van der Waals surface area (Å²) in [6.07, 6.45) is 1.06. The van der Waals surface area contributed by atoms with E-state index in [1.165, 1.54) is 12.1 Å². The van der Waals surface area contributed by atoms with E-state index in [4.69, 9.17) is 14.6 Å². The Morgan fingerprint density at radius 2 is 1.86 bits per heavy atom. The van der Waals surface area contributed by atoms with Crippen LogP contribution in [0.5, 0.6) is 11.5 Å². The fourth-order valence-corrected chi connectivity index (χ4v) is 2.87. The molecule has 1 aliphatic carbocycles. The molecule has 0 radical (unpaired) electrons. The third-order valence-electron chi connectivity index (χ3n) is 4.07. The van der Waals surface area contributed by atoms with Crippen LogP contribution in [0, 0.1) is 0 Å². The van der Waals surface area contributed by atoms with Crippen molar-refractivity contribution in [1.29, 1.82) is 0 Å². The quantitative estimate of drug-likeness (QED) is 0.928. The first-order valence-corrected chi connectivity index (χ1v) is 6.86. The lowest BCUT2D eigenvalue weighted by Gasteiger charge is -2.26. The molecule has 0 unspecified atom stereocenters. The highest BCUT2D eigenvalue weighted by molar-refractivity contribution is 5.71. The third-order valence-corrected chi connectivity index (χ3v) is 4.07. The van der Waals surface area contributed by atoms with E-state index >= 15 is 0 Å². The number of hydrogen-bond donors (Lipinski definition) is 1. The Labute approximate surface area is 120 Å². The maximum Gasteiger partial charge on any atom is 0.304 e. The van der Waals surface area contributed by atoms with Crippen molar-refractivity contribution in [1.82, 2.24) is 0 Å². The van der Waals surface area contributed by atoms with E-state index in [-0.39, 0.29) is 12.0 Å². The Kier molecular flexibility index (Phi) is 3.07. The Morgan fingerprint density at radius 3 is 2.33 bits per heavy atom. The van der Waals surface area contributed by atoms with Crippen molar-refractivity contribution in [2.45, 2.75) is 37.5 Å². The number of fused-ring (bicyclic) bond motifs is 1. The molecule has 0 aromatic heterocycles. The summed E-state index contributed by atoms with van der Waals surface area (Å²) in [4.78, 5) is 11.0. The number of aliphatic carboxylic acids is 1. The Morgan fingerprint density at radius 1 is 1.29 bits per heavy atom. The van der Waals surface area contributed by atoms with Gasteiger partial charge >= 0.3 is 5.97 Å². The second kappa shape index (κ2) is 4.58. The summed E-state index contributed by atoms with van der Waals surface area (Å²) in [7, 11) is 0. The second-order valence-electron chi connectivity index (χ2n) is 5.78. The molecule has 1 fully saturated rings. The molecule has 1 aromatic carbocycles. The summed E-state index contributed by atoms with van der Waals surface area (Å²) in [6.45, 7) is 1.50. The molecule has 4 nitrogen and oxygen atoms in total. The molecule has 114 valence electrons. The van der Waals surface area contributed by atoms with Crippen LogP contribution in [-0.4, -0.2) is 24.3 Å². The van der Waals surface area contributed by atoms with E-state index < -0.39 is 17.3 Å². The molecule has 6 heteroatoms. The van der Waals surface area contributed by atoms with Crippen molar-refractivity contribution in [2.75, 3.05) is 13.2 Å². The van der Waals surface area contributed by atoms with Gasteiger partial charge in [-0.15, -0.1) is 0 Å². The van der Waals surface area contributed by atoms with Crippen LogP contribution in [0.3, 0.4) is 0 Å². The molecule has 1 aromatic rings. The molecule has 0 amide bonds. The number of ether oxygens (including phenoxy) is 2. The number of rotatable bonds is 4. The largest absolute Gasteiger partial charge is 0.486 e. The molecule has 0 saturated heterocycles. The van der Waals surface area contributed by atoms with Crippen LogP contribution in [0.15, 0.2) is 12.1 Å². The number of hydrogen-bond acceptors (Lipinski definition) is 3. The highest BCUT2D eigenvalue weighted by Gasteiger charge is 2.50. The number of carbonyl (C=O) groups is 1. The number of benzene rings is 1. The van der Waals surface area contributed by atoms with Gasteiger partial charge in [0.15, 0.2) is 11.5 Å². The summed E-state index contributed by atoms with van der Waals surface area (Å²) in [5, 5.41) is 9.04. The van der Waals surface area contributed by atoms with Gasteiger partial charge in [0.25, 0.3) is 5.92 Å². The minimum Gasteiger partial charge on any atom is -0.486 e. The Bertz CT molecular complexity index is 588. The molecular formula is C15H16F2O4. The van der Waals surface area contributed by atoms with Gasteiger partial charge in [0.05, 0.1) is 6.42 Å². The first-order valence-electron chi connectivity index (χ1n) is 6.86. The zero-order chi connectivity index (χ0) is 15.3. The summed E-state index contributed by atoms with van der Waals surface area (Å²) >= 11 is 0. The van der Waals surface area contributed by atoms with Gasteiger partial charge in [-0.2, -0.15) is 0 Å². The molecule has 1 aliphatic heterocycles. The lowest BCUT2D eigenvalue weighted by atomic mass is 9.86. The molecule has 3 rings (SSSR count). The second-order valence-corrected chi connectivity index (χ2v) is 5.78. The van der Waals surface area contributed by atoms with Gasteiger partial charge in [-0.1, -0.05) is 0 Å². The number of carboxylic acids is 1. The maximum atomic E-state index is 13.9. The number of alkyl halides is 2. The molecule has 1 saturated carbocycles. The zero-order valence-corrected chi connectivity index (χ0v) is 11.6. The zero-order valence-electron chi connectivity index (χ0n) is 11.6. The van der Waals surface area contributed by atoms with Gasteiger partial charge in [0.2, 0.25) is 0 Å². The van der Waals surface area contributed by atoms with Crippen molar-refractivity contribution in [3.05, 3.63) is 23.3 Å². The number of halogens is 2. The molecule has 0 bridgehead atoms. The average Bonchev–Trinajstić information content (AvgIpc) is 3.16. The van der Waals surface area contributed by atoms with E-state index in [1.54, 1.807) is 0 Å². The van der Waals surface area contributed by atoms with E-state index in [0.29, 0.717) is 43.1 Å². The van der Waals surface area contributed by atoms with Gasteiger partial charge in [-0.25, -0.2) is 8.78 Å². The smallest absolute Gasteiger partial charge is 0.304 e. The van der Waals surface area contributed by atoms with Gasteiger partial charge < -0.3 is 14.6 Å². The molecule has 1 heterocycles. The summed E-state index contributed by atoms with van der Waals surface area (Å²) in [6, 6.07) is 2.84. The lowest BCUT2D eigenvalue weighted by Crippen LogP contribution is -2.22. The topological polar surface area (TPSA) is 55.8 Å². The first-order chi connectivity index (χ1) is 9.82. The van der Waals surface area contributed by atoms with Crippen LogP contribution in [0.2, 0.25) is 0 Å². The van der Waals surface area contributed by atoms with Crippen LogP contribution < -0.4 is 9.47 Å². The van der Waals surface area contributed by atoms with E-state index in [2.05, 4.69) is 0 Å². The fourth-order valence-electron chi connectivity index (χ4n) is 2.87. The minimum absolute atomic E-state index is 0.143.